The number of ether oxygens (including phenoxy) is 2. The minimum Gasteiger partial charge on any atom is -0.486 e. The molecule has 2 aliphatic rings. The number of hydrogen-bond donors (Lipinski definition) is 3. The Hall–Kier alpha value is -2.28. The van der Waals surface area contributed by atoms with Crippen molar-refractivity contribution in [1.82, 2.24) is 10.6 Å². The van der Waals surface area contributed by atoms with Gasteiger partial charge in [-0.15, -0.1) is 0 Å². The largest absolute Gasteiger partial charge is 0.486 e. The number of carbonyl (C=O) groups is 2. The van der Waals surface area contributed by atoms with Gasteiger partial charge >= 0.3 is 0 Å². The number of carbonyl (C=O) groups excluding carboxylic acids is 2. The van der Waals surface area contributed by atoms with Gasteiger partial charge in [-0.3, -0.25) is 9.59 Å². The van der Waals surface area contributed by atoms with Gasteiger partial charge in [0.1, 0.15) is 13.2 Å². The number of fused-ring (bicyclic) bond motifs is 1. The lowest BCUT2D eigenvalue weighted by molar-refractivity contribution is -0.127. The van der Waals surface area contributed by atoms with E-state index in [4.69, 9.17) is 9.47 Å². The Morgan fingerprint density at radius 1 is 1.24 bits per heavy atom. The predicted octanol–water partition coefficient (Wildman–Crippen LogP) is -0.126. The lowest BCUT2D eigenvalue weighted by atomic mass is 10.1. The topological polar surface area (TPSA) is 88.7 Å². The highest BCUT2D eigenvalue weighted by Crippen LogP contribution is 2.32. The summed E-state index contributed by atoms with van der Waals surface area (Å²) >= 11 is 0. The van der Waals surface area contributed by atoms with Gasteiger partial charge in [0.05, 0.1) is 12.5 Å². The van der Waals surface area contributed by atoms with Gasteiger partial charge in [-0.05, 0) is 12.1 Å². The fourth-order valence-electron chi connectivity index (χ4n) is 2.33. The predicted molar refractivity (Wildman–Crippen MR) is 75.5 cm³/mol. The zero-order valence-electron chi connectivity index (χ0n) is 11.5. The molecule has 21 heavy (non-hydrogen) atoms. The first-order valence-corrected chi connectivity index (χ1v) is 6.93. The van der Waals surface area contributed by atoms with Crippen LogP contribution in [0.5, 0.6) is 11.5 Å². The van der Waals surface area contributed by atoms with Crippen molar-refractivity contribution >= 4 is 17.5 Å². The van der Waals surface area contributed by atoms with Gasteiger partial charge in [0.15, 0.2) is 11.5 Å². The molecule has 0 aliphatic carbocycles. The Labute approximate surface area is 122 Å². The van der Waals surface area contributed by atoms with E-state index in [1.165, 1.54) is 0 Å². The third kappa shape index (κ3) is 3.25. The van der Waals surface area contributed by atoms with Crippen LogP contribution in [-0.2, 0) is 9.59 Å². The normalized spacial score (nSPS) is 20.6. The molecule has 3 N–H and O–H groups in total. The average Bonchev–Trinajstić information content (AvgIpc) is 2.49. The molecule has 0 radical (unpaired) electrons. The van der Waals surface area contributed by atoms with Gasteiger partial charge in [0, 0.05) is 24.8 Å². The maximum atomic E-state index is 12.0. The molecule has 0 saturated carbocycles. The van der Waals surface area contributed by atoms with Crippen molar-refractivity contribution in [1.29, 1.82) is 0 Å². The number of rotatable bonds is 3. The molecule has 0 unspecified atom stereocenters. The summed E-state index contributed by atoms with van der Waals surface area (Å²) in [6, 6.07) is 4.76. The highest BCUT2D eigenvalue weighted by atomic mass is 16.6. The summed E-state index contributed by atoms with van der Waals surface area (Å²) < 4.78 is 10.9. The van der Waals surface area contributed by atoms with Gasteiger partial charge < -0.3 is 25.4 Å². The number of amides is 2. The Morgan fingerprint density at radius 3 is 2.86 bits per heavy atom. The van der Waals surface area contributed by atoms with E-state index in [0.29, 0.717) is 43.5 Å². The Balaban J connectivity index is 1.60. The SMILES string of the molecule is O=C(C[C@@H]1NCCNC1=O)Nc1ccc2c(c1)OCCO2. The molecule has 1 atom stereocenters. The standard InChI is InChI=1S/C14H17N3O4/c18-13(8-10-14(19)16-4-3-15-10)17-9-1-2-11-12(7-9)21-6-5-20-11/h1-2,7,10,15H,3-6,8H2,(H,16,19)(H,17,18)/t10-/m0/s1. The van der Waals surface area contributed by atoms with Crippen LogP contribution >= 0.6 is 0 Å². The molecule has 1 aromatic rings. The molecule has 1 fully saturated rings. The molecule has 3 rings (SSSR count). The van der Waals surface area contributed by atoms with E-state index in [1.54, 1.807) is 18.2 Å². The van der Waals surface area contributed by atoms with Gasteiger partial charge in [0.2, 0.25) is 11.8 Å². The van der Waals surface area contributed by atoms with Crippen LogP contribution in [0.4, 0.5) is 5.69 Å². The summed E-state index contributed by atoms with van der Waals surface area (Å²) in [5, 5.41) is 8.51. The van der Waals surface area contributed by atoms with Crippen LogP contribution in [0.15, 0.2) is 18.2 Å². The van der Waals surface area contributed by atoms with Crippen LogP contribution < -0.4 is 25.4 Å². The van der Waals surface area contributed by atoms with Crippen molar-refractivity contribution in [3.8, 4) is 11.5 Å². The third-order valence-electron chi connectivity index (χ3n) is 3.35. The van der Waals surface area contributed by atoms with Gasteiger partial charge in [-0.2, -0.15) is 0 Å². The van der Waals surface area contributed by atoms with E-state index < -0.39 is 6.04 Å². The maximum Gasteiger partial charge on any atom is 0.237 e. The van der Waals surface area contributed by atoms with Crippen molar-refractivity contribution in [2.24, 2.45) is 0 Å². The van der Waals surface area contributed by atoms with Crippen LogP contribution in [0, 0.1) is 0 Å². The minimum atomic E-state index is -0.476. The number of anilines is 1. The fraction of sp³-hybridized carbons (Fsp3) is 0.429. The third-order valence-corrected chi connectivity index (χ3v) is 3.35. The summed E-state index contributed by atoms with van der Waals surface area (Å²) in [6.45, 7) is 2.30. The first-order chi connectivity index (χ1) is 10.2. The van der Waals surface area contributed by atoms with E-state index in [2.05, 4.69) is 16.0 Å². The summed E-state index contributed by atoms with van der Waals surface area (Å²) in [5.74, 6) is 0.931. The molecule has 1 aromatic carbocycles. The lowest BCUT2D eigenvalue weighted by Gasteiger charge is -2.23. The van der Waals surface area contributed by atoms with Gasteiger partial charge in [-0.25, -0.2) is 0 Å². The van der Waals surface area contributed by atoms with E-state index in [0.717, 1.165) is 0 Å². The molecule has 2 aliphatic heterocycles. The second-order valence-electron chi connectivity index (χ2n) is 4.91. The van der Waals surface area contributed by atoms with Crippen LogP contribution in [-0.4, -0.2) is 44.2 Å². The molecule has 0 aromatic heterocycles. The molecule has 2 heterocycles. The minimum absolute atomic E-state index is 0.0975. The first kappa shape index (κ1) is 13.7. The molecule has 0 bridgehead atoms. The van der Waals surface area contributed by atoms with Crippen LogP contribution in [0.1, 0.15) is 6.42 Å². The van der Waals surface area contributed by atoms with Crippen molar-refractivity contribution in [3.63, 3.8) is 0 Å². The summed E-state index contributed by atoms with van der Waals surface area (Å²) in [6.07, 6.45) is 0.0975. The van der Waals surface area contributed by atoms with E-state index in [1.807, 2.05) is 0 Å². The molecule has 112 valence electrons. The lowest BCUT2D eigenvalue weighted by Crippen LogP contribution is -2.53. The molecule has 7 nitrogen and oxygen atoms in total. The van der Waals surface area contributed by atoms with Crippen LogP contribution in [0.3, 0.4) is 0 Å². The molecule has 2 amide bonds. The van der Waals surface area contributed by atoms with Crippen molar-refractivity contribution < 1.29 is 19.1 Å². The number of piperazine rings is 1. The van der Waals surface area contributed by atoms with E-state index >= 15 is 0 Å². The highest BCUT2D eigenvalue weighted by Gasteiger charge is 2.24. The zero-order chi connectivity index (χ0) is 14.7. The molecule has 0 spiro atoms. The zero-order valence-corrected chi connectivity index (χ0v) is 11.5. The van der Waals surface area contributed by atoms with Gasteiger partial charge in [0.25, 0.3) is 0 Å². The van der Waals surface area contributed by atoms with Crippen molar-refractivity contribution in [3.05, 3.63) is 18.2 Å². The van der Waals surface area contributed by atoms with Crippen molar-refractivity contribution in [2.75, 3.05) is 31.6 Å². The van der Waals surface area contributed by atoms with Crippen molar-refractivity contribution in [2.45, 2.75) is 12.5 Å². The van der Waals surface area contributed by atoms with Crippen LogP contribution in [0.2, 0.25) is 0 Å². The molecule has 1 saturated heterocycles. The molecular formula is C14H17N3O4. The highest BCUT2D eigenvalue weighted by molar-refractivity contribution is 5.95. The second-order valence-corrected chi connectivity index (χ2v) is 4.91. The Morgan fingerprint density at radius 2 is 2.05 bits per heavy atom. The monoisotopic (exact) mass is 291 g/mol. The fourth-order valence-corrected chi connectivity index (χ4v) is 2.33. The Kier molecular flexibility index (Phi) is 3.92. The van der Waals surface area contributed by atoms with Gasteiger partial charge in [-0.1, -0.05) is 0 Å². The average molecular weight is 291 g/mol. The summed E-state index contributed by atoms with van der Waals surface area (Å²) in [5.41, 5.74) is 0.625. The quantitative estimate of drug-likeness (QED) is 0.722. The van der Waals surface area contributed by atoms with E-state index in [9.17, 15) is 9.59 Å². The smallest absolute Gasteiger partial charge is 0.237 e. The van der Waals surface area contributed by atoms with E-state index in [-0.39, 0.29) is 18.2 Å². The molecular weight excluding hydrogens is 274 g/mol. The first-order valence-electron chi connectivity index (χ1n) is 6.93. The maximum absolute atomic E-state index is 12.0. The number of nitrogens with one attached hydrogen (secondary N) is 3. The summed E-state index contributed by atoms with van der Waals surface area (Å²) in [7, 11) is 0. The molecule has 7 heteroatoms. The number of benzene rings is 1. The second kappa shape index (κ2) is 6.01. The van der Waals surface area contributed by atoms with Crippen LogP contribution in [0.25, 0.3) is 0 Å². The Bertz CT molecular complexity index is 561. The number of hydrogen-bond acceptors (Lipinski definition) is 5. The summed E-state index contributed by atoms with van der Waals surface area (Å²) in [4.78, 5) is 23.6.